The molecule has 0 amide bonds. The number of nitrogen functional groups attached to an aromatic ring is 1. The van der Waals surface area contributed by atoms with Gasteiger partial charge in [-0.05, 0) is 30.7 Å². The average Bonchev–Trinajstić information content (AvgIpc) is 2.48. The first-order valence-corrected chi connectivity index (χ1v) is 6.70. The molecule has 8 heteroatoms. The molecule has 1 aromatic carbocycles. The van der Waals surface area contributed by atoms with E-state index in [9.17, 15) is 13.2 Å². The number of alkyl halides is 3. The van der Waals surface area contributed by atoms with Gasteiger partial charge in [-0.3, -0.25) is 0 Å². The van der Waals surface area contributed by atoms with E-state index in [4.69, 9.17) is 5.73 Å². The third-order valence-electron chi connectivity index (χ3n) is 2.90. The first kappa shape index (κ1) is 15.9. The molecule has 4 N–H and O–H groups in total. The van der Waals surface area contributed by atoms with Crippen LogP contribution in [-0.4, -0.2) is 16.5 Å². The molecule has 1 heterocycles. The molecular formula is C14H16F3N5. The molecule has 1 aromatic heterocycles. The standard InChI is InChI=1S/C14H16F3N5/c1-2-7-19-12-11(18)13(21-8-20-12)22-10-5-3-9(4-6-10)14(15,16)17/h3-6,8H,2,7,18H2,1H3,(H2,19,20,21,22). The second-order valence-electron chi connectivity index (χ2n) is 4.61. The molecule has 0 saturated heterocycles. The minimum absolute atomic E-state index is 0.316. The Hall–Kier alpha value is -2.51. The van der Waals surface area contributed by atoms with E-state index in [0.717, 1.165) is 18.6 Å². The lowest BCUT2D eigenvalue weighted by Crippen LogP contribution is -2.09. The lowest BCUT2D eigenvalue weighted by atomic mass is 10.2. The van der Waals surface area contributed by atoms with Crippen molar-refractivity contribution in [3.8, 4) is 0 Å². The van der Waals surface area contributed by atoms with Gasteiger partial charge in [-0.15, -0.1) is 0 Å². The number of hydrogen-bond donors (Lipinski definition) is 3. The summed E-state index contributed by atoms with van der Waals surface area (Å²) in [4.78, 5) is 8.03. The van der Waals surface area contributed by atoms with E-state index in [1.54, 1.807) is 0 Å². The number of nitrogens with zero attached hydrogens (tertiary/aromatic N) is 2. The molecule has 0 unspecified atom stereocenters. The number of anilines is 4. The van der Waals surface area contributed by atoms with Crippen molar-refractivity contribution in [3.05, 3.63) is 36.2 Å². The third kappa shape index (κ3) is 3.78. The molecule has 2 aromatic rings. The first-order valence-electron chi connectivity index (χ1n) is 6.70. The topological polar surface area (TPSA) is 75.9 Å². The molecule has 22 heavy (non-hydrogen) atoms. The number of nitrogens with one attached hydrogen (secondary N) is 2. The number of halogens is 3. The fraction of sp³-hybridized carbons (Fsp3) is 0.286. The summed E-state index contributed by atoms with van der Waals surface area (Å²) in [5, 5.41) is 5.94. The normalized spacial score (nSPS) is 11.3. The van der Waals surface area contributed by atoms with Crippen LogP contribution in [0.3, 0.4) is 0 Å². The molecule has 0 saturated carbocycles. The van der Waals surface area contributed by atoms with Crippen molar-refractivity contribution >= 4 is 23.0 Å². The van der Waals surface area contributed by atoms with Crippen molar-refractivity contribution in [2.75, 3.05) is 22.9 Å². The van der Waals surface area contributed by atoms with Gasteiger partial charge < -0.3 is 16.4 Å². The summed E-state index contributed by atoms with van der Waals surface area (Å²) in [5.74, 6) is 0.833. The zero-order chi connectivity index (χ0) is 16.2. The average molecular weight is 311 g/mol. The lowest BCUT2D eigenvalue weighted by molar-refractivity contribution is -0.137. The number of benzene rings is 1. The van der Waals surface area contributed by atoms with Crippen molar-refractivity contribution in [1.29, 1.82) is 0 Å². The second-order valence-corrected chi connectivity index (χ2v) is 4.61. The van der Waals surface area contributed by atoms with Crippen LogP contribution in [0.15, 0.2) is 30.6 Å². The number of rotatable bonds is 5. The van der Waals surface area contributed by atoms with Gasteiger partial charge in [0.15, 0.2) is 11.6 Å². The number of hydrogen-bond acceptors (Lipinski definition) is 5. The maximum absolute atomic E-state index is 12.5. The molecule has 0 bridgehead atoms. The van der Waals surface area contributed by atoms with Crippen molar-refractivity contribution in [3.63, 3.8) is 0 Å². The fourth-order valence-corrected chi connectivity index (χ4v) is 1.76. The monoisotopic (exact) mass is 311 g/mol. The molecule has 0 aliphatic heterocycles. The maximum Gasteiger partial charge on any atom is 0.416 e. The van der Waals surface area contributed by atoms with E-state index in [-0.39, 0.29) is 0 Å². The molecule has 118 valence electrons. The molecule has 0 aliphatic carbocycles. The number of nitrogens with two attached hydrogens (primary N) is 1. The fourth-order valence-electron chi connectivity index (χ4n) is 1.76. The Labute approximate surface area is 125 Å². The van der Waals surface area contributed by atoms with Gasteiger partial charge in [0.25, 0.3) is 0 Å². The summed E-state index contributed by atoms with van der Waals surface area (Å²) in [6, 6.07) is 4.64. The van der Waals surface area contributed by atoms with Crippen LogP contribution in [0.4, 0.5) is 36.2 Å². The molecular weight excluding hydrogens is 295 g/mol. The van der Waals surface area contributed by atoms with Gasteiger partial charge in [0.1, 0.15) is 12.0 Å². The second kappa shape index (κ2) is 6.50. The predicted octanol–water partition coefficient (Wildman–Crippen LogP) is 3.64. The summed E-state index contributed by atoms with van der Waals surface area (Å²) in [7, 11) is 0. The Morgan fingerprint density at radius 2 is 1.73 bits per heavy atom. The van der Waals surface area contributed by atoms with E-state index < -0.39 is 11.7 Å². The summed E-state index contributed by atoms with van der Waals surface area (Å²) < 4.78 is 37.5. The predicted molar refractivity (Wildman–Crippen MR) is 80.0 cm³/mol. The minimum Gasteiger partial charge on any atom is -0.393 e. The Kier molecular flexibility index (Phi) is 4.69. The quantitative estimate of drug-likeness (QED) is 0.786. The van der Waals surface area contributed by atoms with E-state index >= 15 is 0 Å². The minimum atomic E-state index is -4.36. The van der Waals surface area contributed by atoms with Crippen LogP contribution in [0, 0.1) is 0 Å². The highest BCUT2D eigenvalue weighted by molar-refractivity contribution is 5.77. The van der Waals surface area contributed by atoms with E-state index in [1.807, 2.05) is 6.92 Å². The van der Waals surface area contributed by atoms with Crippen LogP contribution in [0.2, 0.25) is 0 Å². The zero-order valence-corrected chi connectivity index (χ0v) is 11.9. The van der Waals surface area contributed by atoms with Gasteiger partial charge in [0.05, 0.1) is 5.56 Å². The molecule has 0 spiro atoms. The Bertz CT molecular complexity index is 625. The van der Waals surface area contributed by atoms with E-state index in [1.165, 1.54) is 18.5 Å². The summed E-state index contributed by atoms with van der Waals surface area (Å²) >= 11 is 0. The van der Waals surface area contributed by atoms with Gasteiger partial charge in [-0.25, -0.2) is 9.97 Å². The van der Waals surface area contributed by atoms with Crippen molar-refractivity contribution in [2.24, 2.45) is 0 Å². The van der Waals surface area contributed by atoms with Crippen molar-refractivity contribution in [2.45, 2.75) is 19.5 Å². The van der Waals surface area contributed by atoms with E-state index in [0.29, 0.717) is 29.6 Å². The third-order valence-corrected chi connectivity index (χ3v) is 2.90. The largest absolute Gasteiger partial charge is 0.416 e. The smallest absolute Gasteiger partial charge is 0.393 e. The molecule has 0 aliphatic rings. The molecule has 2 rings (SSSR count). The Balaban J connectivity index is 2.17. The summed E-state index contributed by atoms with van der Waals surface area (Å²) in [6.45, 7) is 2.71. The summed E-state index contributed by atoms with van der Waals surface area (Å²) in [5.41, 5.74) is 6.01. The number of aromatic nitrogens is 2. The molecule has 5 nitrogen and oxygen atoms in total. The van der Waals surface area contributed by atoms with Crippen LogP contribution < -0.4 is 16.4 Å². The van der Waals surface area contributed by atoms with Crippen LogP contribution in [0.25, 0.3) is 0 Å². The van der Waals surface area contributed by atoms with Crippen LogP contribution in [0.1, 0.15) is 18.9 Å². The van der Waals surface area contributed by atoms with Crippen LogP contribution in [-0.2, 0) is 6.18 Å². The van der Waals surface area contributed by atoms with Gasteiger partial charge in [0, 0.05) is 12.2 Å². The van der Waals surface area contributed by atoms with Gasteiger partial charge >= 0.3 is 6.18 Å². The van der Waals surface area contributed by atoms with Crippen molar-refractivity contribution < 1.29 is 13.2 Å². The van der Waals surface area contributed by atoms with Crippen molar-refractivity contribution in [1.82, 2.24) is 9.97 Å². The molecule has 0 radical (unpaired) electrons. The molecule has 0 atom stereocenters. The lowest BCUT2D eigenvalue weighted by Gasteiger charge is -2.13. The van der Waals surface area contributed by atoms with E-state index in [2.05, 4.69) is 20.6 Å². The van der Waals surface area contributed by atoms with Gasteiger partial charge in [-0.2, -0.15) is 13.2 Å². The zero-order valence-electron chi connectivity index (χ0n) is 11.9. The first-order chi connectivity index (χ1) is 10.4. The van der Waals surface area contributed by atoms with Gasteiger partial charge in [0.2, 0.25) is 0 Å². The van der Waals surface area contributed by atoms with Crippen LogP contribution >= 0.6 is 0 Å². The highest BCUT2D eigenvalue weighted by Gasteiger charge is 2.29. The SMILES string of the molecule is CCCNc1ncnc(Nc2ccc(C(F)(F)F)cc2)c1N. The summed E-state index contributed by atoms with van der Waals surface area (Å²) in [6.07, 6.45) is -2.12. The maximum atomic E-state index is 12.5. The highest BCUT2D eigenvalue weighted by atomic mass is 19.4. The van der Waals surface area contributed by atoms with Gasteiger partial charge in [-0.1, -0.05) is 6.92 Å². The Morgan fingerprint density at radius 3 is 2.32 bits per heavy atom. The van der Waals surface area contributed by atoms with Crippen LogP contribution in [0.5, 0.6) is 0 Å². The Morgan fingerprint density at radius 1 is 1.09 bits per heavy atom. The highest BCUT2D eigenvalue weighted by Crippen LogP contribution is 2.31. The molecule has 0 fully saturated rings.